The number of aliphatic imine (C=N–C) groups is 1. The van der Waals surface area contributed by atoms with Crippen LogP contribution in [0.15, 0.2) is 29.3 Å². The van der Waals surface area contributed by atoms with Gasteiger partial charge in [-0.2, -0.15) is 0 Å². The van der Waals surface area contributed by atoms with E-state index in [-0.39, 0.29) is 5.54 Å². The first-order valence-corrected chi connectivity index (χ1v) is 6.99. The highest BCUT2D eigenvalue weighted by molar-refractivity contribution is 5.99. The molecule has 2 rings (SSSR count). The third kappa shape index (κ3) is 3.72. The van der Waals surface area contributed by atoms with Crippen molar-refractivity contribution in [3.63, 3.8) is 0 Å². The minimum atomic E-state index is -0.0577. The minimum absolute atomic E-state index is 0.0577. The third-order valence-electron chi connectivity index (χ3n) is 3.20. The van der Waals surface area contributed by atoms with Gasteiger partial charge in [0.25, 0.3) is 0 Å². The summed E-state index contributed by atoms with van der Waals surface area (Å²) in [6.45, 7) is 8.66. The maximum Gasteiger partial charge on any atom is 0.131 e. The van der Waals surface area contributed by atoms with Gasteiger partial charge in [0.05, 0.1) is 12.6 Å². The van der Waals surface area contributed by atoms with Gasteiger partial charge in [-0.1, -0.05) is 0 Å². The Balaban J connectivity index is 2.33. The SMILES string of the molecule is COc1ccc(C(=NC(C)(C)C)N2CCCC2)cc1. The van der Waals surface area contributed by atoms with Crippen LogP contribution in [-0.4, -0.2) is 36.5 Å². The van der Waals surface area contributed by atoms with Crippen LogP contribution in [0.3, 0.4) is 0 Å². The van der Waals surface area contributed by atoms with E-state index in [9.17, 15) is 0 Å². The molecule has 0 atom stereocenters. The molecule has 104 valence electrons. The van der Waals surface area contributed by atoms with Crippen molar-refractivity contribution >= 4 is 5.84 Å². The summed E-state index contributed by atoms with van der Waals surface area (Å²) in [5.41, 5.74) is 1.12. The predicted octanol–water partition coefficient (Wildman–Crippen LogP) is 3.34. The Kier molecular flexibility index (Phi) is 4.13. The van der Waals surface area contributed by atoms with Crippen LogP contribution in [-0.2, 0) is 0 Å². The van der Waals surface area contributed by atoms with Gasteiger partial charge in [-0.15, -0.1) is 0 Å². The number of nitrogens with zero attached hydrogens (tertiary/aromatic N) is 2. The molecule has 19 heavy (non-hydrogen) atoms. The molecule has 3 nitrogen and oxygen atoms in total. The molecular formula is C16H24N2O. The fraction of sp³-hybridized carbons (Fsp3) is 0.562. The molecule has 0 amide bonds. The van der Waals surface area contributed by atoms with Crippen molar-refractivity contribution < 1.29 is 4.74 Å². The van der Waals surface area contributed by atoms with E-state index in [0.29, 0.717) is 0 Å². The summed E-state index contributed by atoms with van der Waals surface area (Å²) in [7, 11) is 1.69. The zero-order valence-corrected chi connectivity index (χ0v) is 12.4. The van der Waals surface area contributed by atoms with Gasteiger partial charge in [0, 0.05) is 18.7 Å². The molecule has 1 heterocycles. The molecule has 0 aromatic heterocycles. The Morgan fingerprint density at radius 3 is 2.16 bits per heavy atom. The summed E-state index contributed by atoms with van der Waals surface area (Å²) in [6, 6.07) is 8.20. The smallest absolute Gasteiger partial charge is 0.131 e. The van der Waals surface area contributed by atoms with Gasteiger partial charge in [0.15, 0.2) is 0 Å². The van der Waals surface area contributed by atoms with Gasteiger partial charge in [-0.05, 0) is 57.9 Å². The van der Waals surface area contributed by atoms with Crippen molar-refractivity contribution in [1.82, 2.24) is 4.90 Å². The highest BCUT2D eigenvalue weighted by Crippen LogP contribution is 2.20. The molecule has 1 aliphatic rings. The van der Waals surface area contributed by atoms with E-state index in [1.807, 2.05) is 12.1 Å². The number of methoxy groups -OCH3 is 1. The molecule has 1 saturated heterocycles. The average molecular weight is 260 g/mol. The van der Waals surface area contributed by atoms with Crippen LogP contribution in [0.25, 0.3) is 0 Å². The largest absolute Gasteiger partial charge is 0.497 e. The lowest BCUT2D eigenvalue weighted by molar-refractivity contribution is 0.414. The topological polar surface area (TPSA) is 24.8 Å². The lowest BCUT2D eigenvalue weighted by atomic mass is 10.1. The normalized spacial score (nSPS) is 16.8. The first kappa shape index (κ1) is 13.9. The molecule has 0 radical (unpaired) electrons. The van der Waals surface area contributed by atoms with Crippen molar-refractivity contribution in [2.75, 3.05) is 20.2 Å². The van der Waals surface area contributed by atoms with E-state index in [4.69, 9.17) is 9.73 Å². The Labute approximate surface area is 116 Å². The molecular weight excluding hydrogens is 236 g/mol. The summed E-state index contributed by atoms with van der Waals surface area (Å²) in [5.74, 6) is 2.01. The average Bonchev–Trinajstić information content (AvgIpc) is 2.89. The number of benzene rings is 1. The molecule has 0 saturated carbocycles. The van der Waals surface area contributed by atoms with Crippen LogP contribution in [0.4, 0.5) is 0 Å². The van der Waals surface area contributed by atoms with Crippen molar-refractivity contribution in [3.05, 3.63) is 29.8 Å². The standard InChI is InChI=1S/C16H24N2O/c1-16(2,3)17-15(18-11-5-6-12-18)13-7-9-14(19-4)10-8-13/h7-10H,5-6,11-12H2,1-4H3. The van der Waals surface area contributed by atoms with Crippen molar-refractivity contribution in [2.45, 2.75) is 39.2 Å². The fourth-order valence-electron chi connectivity index (χ4n) is 2.30. The molecule has 0 unspecified atom stereocenters. The van der Waals surface area contributed by atoms with Gasteiger partial charge in [-0.3, -0.25) is 4.99 Å². The van der Waals surface area contributed by atoms with Gasteiger partial charge >= 0.3 is 0 Å². The van der Waals surface area contributed by atoms with Gasteiger partial charge in [0.2, 0.25) is 0 Å². The monoisotopic (exact) mass is 260 g/mol. The highest BCUT2D eigenvalue weighted by atomic mass is 16.5. The Morgan fingerprint density at radius 1 is 1.11 bits per heavy atom. The molecule has 3 heteroatoms. The van der Waals surface area contributed by atoms with E-state index in [2.05, 4.69) is 37.8 Å². The van der Waals surface area contributed by atoms with Crippen LogP contribution in [0.2, 0.25) is 0 Å². The molecule has 1 aromatic carbocycles. The van der Waals surface area contributed by atoms with Crippen LogP contribution in [0.1, 0.15) is 39.2 Å². The second-order valence-electron chi connectivity index (χ2n) is 6.03. The van der Waals surface area contributed by atoms with E-state index < -0.39 is 0 Å². The Bertz CT molecular complexity index is 437. The second-order valence-corrected chi connectivity index (χ2v) is 6.03. The van der Waals surface area contributed by atoms with Crippen molar-refractivity contribution in [1.29, 1.82) is 0 Å². The Hall–Kier alpha value is -1.51. The zero-order chi connectivity index (χ0) is 13.9. The van der Waals surface area contributed by atoms with Crippen LogP contribution in [0, 0.1) is 0 Å². The summed E-state index contributed by atoms with van der Waals surface area (Å²) in [4.78, 5) is 7.31. The van der Waals surface area contributed by atoms with E-state index in [0.717, 1.165) is 24.7 Å². The summed E-state index contributed by atoms with van der Waals surface area (Å²) in [5, 5.41) is 0. The molecule has 1 aliphatic heterocycles. The summed E-state index contributed by atoms with van der Waals surface area (Å²) >= 11 is 0. The Morgan fingerprint density at radius 2 is 1.68 bits per heavy atom. The molecule has 0 aliphatic carbocycles. The number of rotatable bonds is 2. The molecule has 1 aromatic rings. The second kappa shape index (κ2) is 5.64. The summed E-state index contributed by atoms with van der Waals surface area (Å²) < 4.78 is 5.22. The van der Waals surface area contributed by atoms with E-state index in [1.54, 1.807) is 7.11 Å². The first-order valence-electron chi connectivity index (χ1n) is 6.99. The van der Waals surface area contributed by atoms with Crippen molar-refractivity contribution in [2.24, 2.45) is 4.99 Å². The highest BCUT2D eigenvalue weighted by Gasteiger charge is 2.20. The number of ether oxygens (including phenoxy) is 1. The summed E-state index contributed by atoms with van der Waals surface area (Å²) in [6.07, 6.45) is 2.53. The zero-order valence-electron chi connectivity index (χ0n) is 12.4. The van der Waals surface area contributed by atoms with Crippen LogP contribution >= 0.6 is 0 Å². The first-order chi connectivity index (χ1) is 8.99. The molecule has 1 fully saturated rings. The van der Waals surface area contributed by atoms with E-state index >= 15 is 0 Å². The minimum Gasteiger partial charge on any atom is -0.497 e. The third-order valence-corrected chi connectivity index (χ3v) is 3.20. The predicted molar refractivity (Wildman–Crippen MR) is 80.1 cm³/mol. The molecule has 0 bridgehead atoms. The van der Waals surface area contributed by atoms with Crippen molar-refractivity contribution in [3.8, 4) is 5.75 Å². The lowest BCUT2D eigenvalue weighted by Crippen LogP contribution is -2.31. The number of hydrogen-bond acceptors (Lipinski definition) is 2. The number of likely N-dealkylation sites (tertiary alicyclic amines) is 1. The van der Waals surface area contributed by atoms with Gasteiger partial charge < -0.3 is 9.64 Å². The van der Waals surface area contributed by atoms with Crippen LogP contribution < -0.4 is 4.74 Å². The molecule has 0 spiro atoms. The maximum atomic E-state index is 5.22. The van der Waals surface area contributed by atoms with Gasteiger partial charge in [-0.25, -0.2) is 0 Å². The number of amidine groups is 1. The molecule has 0 N–H and O–H groups in total. The van der Waals surface area contributed by atoms with Crippen LogP contribution in [0.5, 0.6) is 5.75 Å². The quantitative estimate of drug-likeness (QED) is 0.602. The van der Waals surface area contributed by atoms with E-state index in [1.165, 1.54) is 18.4 Å². The maximum absolute atomic E-state index is 5.22. The fourth-order valence-corrected chi connectivity index (χ4v) is 2.30. The van der Waals surface area contributed by atoms with Gasteiger partial charge in [0.1, 0.15) is 11.6 Å². The lowest BCUT2D eigenvalue weighted by Gasteiger charge is -2.24. The number of hydrogen-bond donors (Lipinski definition) is 0.